The minimum absolute atomic E-state index is 0.0314. The number of aromatic nitrogens is 2. The zero-order chi connectivity index (χ0) is 28.6. The Kier molecular flexibility index (Phi) is 7.39. The summed E-state index contributed by atoms with van der Waals surface area (Å²) in [6, 6.07) is 6.93. The lowest BCUT2D eigenvalue weighted by Gasteiger charge is -2.29. The summed E-state index contributed by atoms with van der Waals surface area (Å²) in [7, 11) is 1.38. The van der Waals surface area contributed by atoms with Gasteiger partial charge in [0.05, 0.1) is 19.0 Å². The third-order valence-electron chi connectivity index (χ3n) is 6.68. The lowest BCUT2D eigenvalue weighted by Crippen LogP contribution is -2.39. The van der Waals surface area contributed by atoms with Crippen molar-refractivity contribution in [3.63, 3.8) is 0 Å². The van der Waals surface area contributed by atoms with Gasteiger partial charge < -0.3 is 24.4 Å². The molecular formula is C29H32F2N4O5. The second-order valence-corrected chi connectivity index (χ2v) is 10.9. The molecule has 1 aliphatic carbocycles. The Bertz CT molecular complexity index is 1470. The highest BCUT2D eigenvalue weighted by Gasteiger charge is 2.29. The largest absolute Gasteiger partial charge is 0.496 e. The molecule has 212 valence electrons. The van der Waals surface area contributed by atoms with Crippen molar-refractivity contribution >= 4 is 23.2 Å². The maximum Gasteiger partial charge on any atom is 0.410 e. The van der Waals surface area contributed by atoms with E-state index in [1.165, 1.54) is 13.2 Å². The number of benzene rings is 1. The zero-order valence-corrected chi connectivity index (χ0v) is 22.9. The first-order valence-electron chi connectivity index (χ1n) is 13.1. The number of imidazole rings is 1. The molecule has 2 aliphatic rings. The molecule has 0 saturated heterocycles. The van der Waals surface area contributed by atoms with E-state index >= 15 is 0 Å². The Labute approximate surface area is 230 Å². The number of fused-ring (bicyclic) bond motifs is 1. The first-order chi connectivity index (χ1) is 19.0. The molecule has 1 aliphatic heterocycles. The molecule has 5 rings (SSSR count). The van der Waals surface area contributed by atoms with Crippen LogP contribution < -0.4 is 14.8 Å². The number of methoxy groups -OCH3 is 1. The second-order valence-electron chi connectivity index (χ2n) is 10.9. The van der Waals surface area contributed by atoms with E-state index in [9.17, 15) is 18.4 Å². The fourth-order valence-electron chi connectivity index (χ4n) is 4.61. The third kappa shape index (κ3) is 6.03. The number of rotatable bonds is 7. The molecule has 0 atom stereocenters. The summed E-state index contributed by atoms with van der Waals surface area (Å²) in [6.07, 6.45) is 7.51. The van der Waals surface area contributed by atoms with Gasteiger partial charge in [0, 0.05) is 30.9 Å². The number of pyridine rings is 1. The summed E-state index contributed by atoms with van der Waals surface area (Å²) in [4.78, 5) is 31.4. The highest BCUT2D eigenvalue weighted by atomic mass is 19.3. The summed E-state index contributed by atoms with van der Waals surface area (Å²) >= 11 is 0. The molecule has 1 aromatic carbocycles. The Morgan fingerprint density at radius 3 is 2.50 bits per heavy atom. The Balaban J connectivity index is 1.42. The molecule has 11 heteroatoms. The fourth-order valence-corrected chi connectivity index (χ4v) is 4.61. The van der Waals surface area contributed by atoms with Crippen LogP contribution in [0.1, 0.15) is 56.0 Å². The molecular weight excluding hydrogens is 522 g/mol. The van der Waals surface area contributed by atoms with Gasteiger partial charge in [-0.2, -0.15) is 8.78 Å². The van der Waals surface area contributed by atoms with Crippen LogP contribution in [0, 0.1) is 0 Å². The zero-order valence-electron chi connectivity index (χ0n) is 22.9. The predicted molar refractivity (Wildman–Crippen MR) is 145 cm³/mol. The minimum Gasteiger partial charge on any atom is -0.496 e. The highest BCUT2D eigenvalue weighted by Crippen LogP contribution is 2.37. The van der Waals surface area contributed by atoms with Gasteiger partial charge in [-0.05, 0) is 75.4 Å². The number of nitrogens with zero attached hydrogens (tertiary/aromatic N) is 3. The van der Waals surface area contributed by atoms with Gasteiger partial charge in [-0.1, -0.05) is 6.08 Å². The normalized spacial score (nSPS) is 15.7. The number of halogens is 2. The minimum atomic E-state index is -3.12. The number of alkyl halides is 2. The smallest absolute Gasteiger partial charge is 0.410 e. The Hall–Kier alpha value is -4.15. The van der Waals surface area contributed by atoms with Gasteiger partial charge in [0.2, 0.25) is 0 Å². The first kappa shape index (κ1) is 27.4. The number of carbonyl (C=O) groups is 2. The Morgan fingerprint density at radius 1 is 1.12 bits per heavy atom. The number of hydrogen-bond acceptors (Lipinski definition) is 6. The van der Waals surface area contributed by atoms with E-state index in [-0.39, 0.29) is 29.2 Å². The summed E-state index contributed by atoms with van der Waals surface area (Å²) in [6.45, 7) is 3.39. The molecule has 1 fully saturated rings. The molecule has 40 heavy (non-hydrogen) atoms. The fraction of sp³-hybridized carbons (Fsp3) is 0.414. The van der Waals surface area contributed by atoms with Crippen molar-refractivity contribution in [1.82, 2.24) is 19.6 Å². The van der Waals surface area contributed by atoms with Gasteiger partial charge in [0.1, 0.15) is 28.3 Å². The van der Waals surface area contributed by atoms with Gasteiger partial charge in [-0.15, -0.1) is 0 Å². The summed E-state index contributed by atoms with van der Waals surface area (Å²) < 4.78 is 44.1. The molecule has 0 unspecified atom stereocenters. The van der Waals surface area contributed by atoms with Crippen LogP contribution in [0.15, 0.2) is 42.7 Å². The van der Waals surface area contributed by atoms with Gasteiger partial charge in [0.15, 0.2) is 0 Å². The number of nitrogens with one attached hydrogen (secondary N) is 1. The van der Waals surface area contributed by atoms with Crippen LogP contribution >= 0.6 is 0 Å². The van der Waals surface area contributed by atoms with E-state index < -0.39 is 18.1 Å². The summed E-state index contributed by atoms with van der Waals surface area (Å²) in [5.41, 5.74) is 3.20. The number of carbonyl (C=O) groups excluding carboxylic acids is 2. The van der Waals surface area contributed by atoms with E-state index in [1.54, 1.807) is 17.2 Å². The lowest BCUT2D eigenvalue weighted by atomic mass is 10.0. The average Bonchev–Trinajstić information content (AvgIpc) is 3.61. The summed E-state index contributed by atoms with van der Waals surface area (Å²) in [5, 5.41) is 2.80. The van der Waals surface area contributed by atoms with Crippen molar-refractivity contribution in [2.45, 2.75) is 58.3 Å². The molecule has 0 radical (unpaired) electrons. The molecule has 2 amide bonds. The van der Waals surface area contributed by atoms with Crippen molar-refractivity contribution in [1.29, 1.82) is 0 Å². The molecule has 2 aromatic heterocycles. The standard InChI is InChI=1S/C29H32F2N4O5/c1-29(2,3)40-28(37)34-10-7-17(8-11-34)18-9-12-35-21(16-32-24(35)15-18)19-13-22(38-4)25(23(14-19)39-27(30)31)26(36)33-20-5-6-20/h7,9,12-16,20,27H,5-6,8,10-11H2,1-4H3,(H,33,36). The van der Waals surface area contributed by atoms with Gasteiger partial charge in [0.25, 0.3) is 5.91 Å². The molecule has 9 nitrogen and oxygen atoms in total. The number of ether oxygens (including phenoxy) is 3. The van der Waals surface area contributed by atoms with Crippen LogP contribution in [0.5, 0.6) is 11.5 Å². The monoisotopic (exact) mass is 554 g/mol. The van der Waals surface area contributed by atoms with Crippen molar-refractivity contribution in [3.05, 3.63) is 53.9 Å². The molecule has 3 aromatic rings. The van der Waals surface area contributed by atoms with Gasteiger partial charge in [-0.25, -0.2) is 9.78 Å². The quantitative estimate of drug-likeness (QED) is 0.413. The van der Waals surface area contributed by atoms with E-state index in [0.717, 1.165) is 24.0 Å². The number of amides is 2. The van der Waals surface area contributed by atoms with Crippen LogP contribution in [0.3, 0.4) is 0 Å². The Morgan fingerprint density at radius 2 is 1.88 bits per heavy atom. The second kappa shape index (κ2) is 10.8. The molecule has 0 bridgehead atoms. The molecule has 3 heterocycles. The lowest BCUT2D eigenvalue weighted by molar-refractivity contribution is -0.0502. The van der Waals surface area contributed by atoms with Crippen LogP contribution in [-0.4, -0.2) is 64.7 Å². The van der Waals surface area contributed by atoms with E-state index in [2.05, 4.69) is 10.3 Å². The highest BCUT2D eigenvalue weighted by molar-refractivity contribution is 6.01. The van der Waals surface area contributed by atoms with Crippen molar-refractivity contribution in [2.24, 2.45) is 0 Å². The topological polar surface area (TPSA) is 94.4 Å². The van der Waals surface area contributed by atoms with Crippen molar-refractivity contribution < 1.29 is 32.6 Å². The van der Waals surface area contributed by atoms with Crippen LogP contribution in [0.4, 0.5) is 13.6 Å². The summed E-state index contributed by atoms with van der Waals surface area (Å²) in [5.74, 6) is -0.661. The molecule has 1 N–H and O–H groups in total. The van der Waals surface area contributed by atoms with E-state index in [4.69, 9.17) is 14.2 Å². The molecule has 1 saturated carbocycles. The van der Waals surface area contributed by atoms with Crippen molar-refractivity contribution in [3.8, 4) is 22.8 Å². The van der Waals surface area contributed by atoms with E-state index in [0.29, 0.717) is 36.4 Å². The molecule has 0 spiro atoms. The van der Waals surface area contributed by atoms with Crippen molar-refractivity contribution in [2.75, 3.05) is 20.2 Å². The van der Waals surface area contributed by atoms with Gasteiger partial charge >= 0.3 is 12.7 Å². The third-order valence-corrected chi connectivity index (χ3v) is 6.68. The number of hydrogen-bond donors (Lipinski definition) is 1. The maximum absolute atomic E-state index is 13.3. The maximum atomic E-state index is 13.3. The van der Waals surface area contributed by atoms with Crippen LogP contribution in [-0.2, 0) is 4.74 Å². The van der Waals surface area contributed by atoms with Gasteiger partial charge in [-0.3, -0.25) is 9.20 Å². The average molecular weight is 555 g/mol. The van der Waals surface area contributed by atoms with E-state index in [1.807, 2.05) is 49.6 Å². The predicted octanol–water partition coefficient (Wildman–Crippen LogP) is 5.53. The SMILES string of the molecule is COc1cc(-c2cnc3cc(C4=CCN(C(=O)OC(C)(C)C)CC4)ccn23)cc(OC(F)F)c1C(=O)NC1CC1. The first-order valence-corrected chi connectivity index (χ1v) is 13.1. The van der Waals surface area contributed by atoms with Crippen LogP contribution in [0.2, 0.25) is 0 Å². The van der Waals surface area contributed by atoms with Crippen LogP contribution in [0.25, 0.3) is 22.5 Å².